The Hall–Kier alpha value is -3.30. The quantitative estimate of drug-likeness (QED) is 0.342. The molecule has 0 saturated carbocycles. The van der Waals surface area contributed by atoms with Crippen LogP contribution in [0.1, 0.15) is 20.7 Å². The summed E-state index contributed by atoms with van der Waals surface area (Å²) >= 11 is 0. The van der Waals surface area contributed by atoms with Gasteiger partial charge < -0.3 is 4.48 Å². The highest BCUT2D eigenvalue weighted by atomic mass is 16.1. The number of benzene rings is 4. The maximum Gasteiger partial charge on any atom is 0.217 e. The second-order valence-corrected chi connectivity index (χ2v) is 8.15. The molecule has 4 aromatic rings. The van der Waals surface area contributed by atoms with Crippen LogP contribution < -0.4 is 0 Å². The summed E-state index contributed by atoms with van der Waals surface area (Å²) in [5.41, 5.74) is 1.43. The van der Waals surface area contributed by atoms with Crippen molar-refractivity contribution in [1.82, 2.24) is 0 Å². The lowest BCUT2D eigenvalue weighted by Crippen LogP contribution is -2.47. The molecule has 0 N–H and O–H groups in total. The monoisotopic (exact) mass is 382 g/mol. The molecule has 3 heteroatoms. The Morgan fingerprint density at radius 3 is 1.41 bits per heavy atom. The summed E-state index contributed by atoms with van der Waals surface area (Å²) in [6.45, 7) is 0.537. The van der Waals surface area contributed by atoms with Crippen molar-refractivity contribution in [2.75, 3.05) is 27.2 Å². The van der Waals surface area contributed by atoms with Crippen LogP contribution in [-0.2, 0) is 0 Å². The molecule has 144 valence electrons. The molecule has 0 aromatic heterocycles. The van der Waals surface area contributed by atoms with Gasteiger partial charge in [-0.05, 0) is 21.5 Å². The van der Waals surface area contributed by atoms with E-state index in [1.54, 1.807) is 0 Å². The lowest BCUT2D eigenvalue weighted by molar-refractivity contribution is -0.873. The minimum atomic E-state index is 0.0533. The molecule has 0 radical (unpaired) electrons. The second-order valence-electron chi connectivity index (χ2n) is 8.15. The predicted octanol–water partition coefficient (Wildman–Crippen LogP) is 5.14. The van der Waals surface area contributed by atoms with Crippen LogP contribution in [0.25, 0.3) is 21.5 Å². The molecule has 29 heavy (non-hydrogen) atoms. The molecule has 0 bridgehead atoms. The lowest BCUT2D eigenvalue weighted by atomic mass is 9.99. The Labute approximate surface area is 170 Å². The second kappa shape index (κ2) is 7.61. The van der Waals surface area contributed by atoms with E-state index >= 15 is 0 Å². The number of hydrogen-bond acceptors (Lipinski definition) is 2. The van der Waals surface area contributed by atoms with Gasteiger partial charge in [0.2, 0.25) is 11.6 Å². The number of rotatable bonds is 6. The van der Waals surface area contributed by atoms with Gasteiger partial charge >= 0.3 is 0 Å². The van der Waals surface area contributed by atoms with Crippen molar-refractivity contribution in [2.24, 2.45) is 0 Å². The SMILES string of the molecule is C[N+](C)(CC(=O)c1cccc2ccccc12)CC(=O)c1cccc2ccccc12. The van der Waals surface area contributed by atoms with Crippen molar-refractivity contribution in [3.63, 3.8) is 0 Å². The van der Waals surface area contributed by atoms with Crippen molar-refractivity contribution in [2.45, 2.75) is 0 Å². The summed E-state index contributed by atoms with van der Waals surface area (Å²) in [4.78, 5) is 26.2. The standard InChI is InChI=1S/C26H24NO2/c1-27(2,17-25(28)23-15-7-11-19-9-3-5-13-21(19)23)18-26(29)24-16-8-12-20-10-4-6-14-22(20)24/h3-16H,17-18H2,1-2H3/q+1. The number of ketones is 2. The van der Waals surface area contributed by atoms with Gasteiger partial charge in [0.25, 0.3) is 0 Å². The van der Waals surface area contributed by atoms with Crippen LogP contribution >= 0.6 is 0 Å². The molecular formula is C26H24NO2+. The van der Waals surface area contributed by atoms with Crippen LogP contribution in [0.4, 0.5) is 0 Å². The molecule has 0 saturated heterocycles. The average molecular weight is 382 g/mol. The molecule has 0 fully saturated rings. The van der Waals surface area contributed by atoms with Gasteiger partial charge in [-0.15, -0.1) is 0 Å². The molecule has 0 atom stereocenters. The number of fused-ring (bicyclic) bond motifs is 2. The topological polar surface area (TPSA) is 34.1 Å². The molecule has 0 aliphatic carbocycles. The first-order valence-corrected chi connectivity index (χ1v) is 9.78. The molecule has 0 amide bonds. The van der Waals surface area contributed by atoms with Crippen molar-refractivity contribution in [3.8, 4) is 0 Å². The van der Waals surface area contributed by atoms with E-state index in [2.05, 4.69) is 0 Å². The van der Waals surface area contributed by atoms with Gasteiger partial charge in [0.15, 0.2) is 0 Å². The van der Waals surface area contributed by atoms with Gasteiger partial charge in [0.05, 0.1) is 14.1 Å². The fourth-order valence-corrected chi connectivity index (χ4v) is 3.94. The van der Waals surface area contributed by atoms with Gasteiger partial charge in [0.1, 0.15) is 13.1 Å². The first-order chi connectivity index (χ1) is 13.9. The minimum absolute atomic E-state index is 0.0533. The first-order valence-electron chi connectivity index (χ1n) is 9.78. The Bertz CT molecular complexity index is 1120. The van der Waals surface area contributed by atoms with E-state index in [-0.39, 0.29) is 24.7 Å². The van der Waals surface area contributed by atoms with E-state index in [0.717, 1.165) is 21.5 Å². The molecular weight excluding hydrogens is 358 g/mol. The van der Waals surface area contributed by atoms with Crippen LogP contribution in [0.3, 0.4) is 0 Å². The Morgan fingerprint density at radius 2 is 0.966 bits per heavy atom. The largest absolute Gasteiger partial charge is 0.316 e. The molecule has 3 nitrogen and oxygen atoms in total. The van der Waals surface area contributed by atoms with Crippen LogP contribution in [0, 0.1) is 0 Å². The number of likely N-dealkylation sites (N-methyl/N-ethyl adjacent to an activating group) is 1. The number of quaternary nitrogens is 1. The third-order valence-electron chi connectivity index (χ3n) is 5.32. The number of carbonyl (C=O) groups is 2. The molecule has 0 heterocycles. The highest BCUT2D eigenvalue weighted by Crippen LogP contribution is 2.22. The van der Waals surface area contributed by atoms with E-state index < -0.39 is 0 Å². The first kappa shape index (κ1) is 19.0. The van der Waals surface area contributed by atoms with Gasteiger partial charge in [-0.1, -0.05) is 84.9 Å². The van der Waals surface area contributed by atoms with E-state index in [1.165, 1.54) is 0 Å². The molecule has 4 aromatic carbocycles. The third kappa shape index (κ3) is 3.96. The minimum Gasteiger partial charge on any atom is -0.316 e. The molecule has 0 aliphatic heterocycles. The lowest BCUT2D eigenvalue weighted by Gasteiger charge is -2.28. The maximum absolute atomic E-state index is 13.1. The summed E-state index contributed by atoms with van der Waals surface area (Å²) in [7, 11) is 3.87. The zero-order chi connectivity index (χ0) is 20.4. The Kier molecular flexibility index (Phi) is 4.99. The van der Waals surface area contributed by atoms with Crippen LogP contribution in [0.5, 0.6) is 0 Å². The fraction of sp³-hybridized carbons (Fsp3) is 0.154. The van der Waals surface area contributed by atoms with Gasteiger partial charge in [-0.3, -0.25) is 9.59 Å². The third-order valence-corrected chi connectivity index (χ3v) is 5.32. The summed E-state index contributed by atoms with van der Waals surface area (Å²) in [6.07, 6.45) is 0. The average Bonchev–Trinajstić information content (AvgIpc) is 2.72. The number of carbonyl (C=O) groups excluding carboxylic acids is 2. The van der Waals surface area contributed by atoms with E-state index in [4.69, 9.17) is 0 Å². The summed E-state index contributed by atoms with van der Waals surface area (Å²) in [5.74, 6) is 0.107. The van der Waals surface area contributed by atoms with Crippen LogP contribution in [0.15, 0.2) is 84.9 Å². The van der Waals surface area contributed by atoms with Crippen molar-refractivity contribution >= 4 is 33.1 Å². The molecule has 0 unspecified atom stereocenters. The van der Waals surface area contributed by atoms with Crippen molar-refractivity contribution < 1.29 is 14.1 Å². The Balaban J connectivity index is 1.57. The summed E-state index contributed by atoms with van der Waals surface area (Å²) in [5, 5.41) is 4.02. The predicted molar refractivity (Wildman–Crippen MR) is 118 cm³/mol. The Morgan fingerprint density at radius 1 is 0.586 bits per heavy atom. The van der Waals surface area contributed by atoms with Gasteiger partial charge in [-0.2, -0.15) is 0 Å². The maximum atomic E-state index is 13.1. The van der Waals surface area contributed by atoms with Crippen molar-refractivity contribution in [1.29, 1.82) is 0 Å². The number of nitrogens with zero attached hydrogens (tertiary/aromatic N) is 1. The van der Waals surface area contributed by atoms with Gasteiger partial charge in [0, 0.05) is 11.1 Å². The van der Waals surface area contributed by atoms with E-state index in [9.17, 15) is 9.59 Å². The summed E-state index contributed by atoms with van der Waals surface area (Å²) < 4.78 is 0.310. The number of Topliss-reactive ketones (excluding diaryl/α,β-unsaturated/α-hetero) is 2. The zero-order valence-corrected chi connectivity index (χ0v) is 16.8. The van der Waals surface area contributed by atoms with Gasteiger partial charge in [-0.25, -0.2) is 0 Å². The van der Waals surface area contributed by atoms with E-state index in [1.807, 2.05) is 99.0 Å². The summed E-state index contributed by atoms with van der Waals surface area (Å²) in [6, 6.07) is 27.4. The molecule has 4 rings (SSSR count). The molecule has 0 spiro atoms. The molecule has 0 aliphatic rings. The number of hydrogen-bond donors (Lipinski definition) is 0. The smallest absolute Gasteiger partial charge is 0.217 e. The van der Waals surface area contributed by atoms with Crippen molar-refractivity contribution in [3.05, 3.63) is 96.1 Å². The zero-order valence-electron chi connectivity index (χ0n) is 16.8. The normalized spacial score (nSPS) is 11.7. The highest BCUT2D eigenvalue weighted by molar-refractivity contribution is 6.10. The van der Waals surface area contributed by atoms with E-state index in [0.29, 0.717) is 15.6 Å². The fourth-order valence-electron chi connectivity index (χ4n) is 3.94. The van der Waals surface area contributed by atoms with Crippen LogP contribution in [-0.4, -0.2) is 43.2 Å². The highest BCUT2D eigenvalue weighted by Gasteiger charge is 2.26. The van der Waals surface area contributed by atoms with Crippen LogP contribution in [0.2, 0.25) is 0 Å².